The standard InChI is InChI=1S/C17H20N4O3/c1-10-18-12-9-14-13(8-11(12)15(22)19-10)20-16(17(2,3)24-14)21-4-6-23-7-5-21/h8-9H,4-7H2,1-3H3,(H,18,19,22). The lowest BCUT2D eigenvalue weighted by Gasteiger charge is -2.40. The third-order valence-electron chi connectivity index (χ3n) is 4.35. The number of aryl methyl sites for hydroxylation is 1. The summed E-state index contributed by atoms with van der Waals surface area (Å²) in [6.07, 6.45) is 0. The van der Waals surface area contributed by atoms with Gasteiger partial charge in [0, 0.05) is 19.2 Å². The van der Waals surface area contributed by atoms with E-state index in [4.69, 9.17) is 14.5 Å². The zero-order chi connectivity index (χ0) is 16.9. The van der Waals surface area contributed by atoms with Gasteiger partial charge in [0.25, 0.3) is 5.56 Å². The molecule has 2 aliphatic rings. The normalized spacial score (nSPS) is 19.6. The van der Waals surface area contributed by atoms with E-state index in [9.17, 15) is 4.79 Å². The molecule has 0 radical (unpaired) electrons. The fraction of sp³-hybridized carbons (Fsp3) is 0.471. The Labute approximate surface area is 139 Å². The second-order valence-corrected chi connectivity index (χ2v) is 6.64. The first-order valence-corrected chi connectivity index (χ1v) is 8.09. The van der Waals surface area contributed by atoms with E-state index in [0.29, 0.717) is 41.4 Å². The van der Waals surface area contributed by atoms with Crippen molar-refractivity contribution in [2.24, 2.45) is 4.99 Å². The second-order valence-electron chi connectivity index (χ2n) is 6.64. The number of nitrogens with one attached hydrogen (secondary N) is 1. The number of aliphatic imine (C=N–C) groups is 1. The van der Waals surface area contributed by atoms with Crippen molar-refractivity contribution in [3.8, 4) is 5.75 Å². The Morgan fingerprint density at radius 2 is 2.00 bits per heavy atom. The van der Waals surface area contributed by atoms with E-state index in [1.165, 1.54) is 0 Å². The van der Waals surface area contributed by atoms with Gasteiger partial charge in [-0.25, -0.2) is 9.98 Å². The molecule has 24 heavy (non-hydrogen) atoms. The Kier molecular flexibility index (Phi) is 3.35. The smallest absolute Gasteiger partial charge is 0.258 e. The summed E-state index contributed by atoms with van der Waals surface area (Å²) in [6, 6.07) is 3.56. The van der Waals surface area contributed by atoms with Crippen LogP contribution in [0.5, 0.6) is 5.75 Å². The number of ether oxygens (including phenoxy) is 2. The largest absolute Gasteiger partial charge is 0.478 e. The molecule has 0 bridgehead atoms. The number of hydrogen-bond acceptors (Lipinski definition) is 6. The third-order valence-corrected chi connectivity index (χ3v) is 4.35. The van der Waals surface area contributed by atoms with Gasteiger partial charge in [-0.3, -0.25) is 4.79 Å². The predicted molar refractivity (Wildman–Crippen MR) is 91.3 cm³/mol. The second kappa shape index (κ2) is 5.31. The Balaban J connectivity index is 1.87. The summed E-state index contributed by atoms with van der Waals surface area (Å²) in [5.74, 6) is 2.11. The first-order valence-electron chi connectivity index (χ1n) is 8.09. The van der Waals surface area contributed by atoms with Crippen LogP contribution in [0, 0.1) is 6.92 Å². The Morgan fingerprint density at radius 1 is 1.25 bits per heavy atom. The number of rotatable bonds is 0. The number of morpholine rings is 1. The molecule has 3 heterocycles. The number of aromatic nitrogens is 2. The van der Waals surface area contributed by atoms with Gasteiger partial charge in [0.05, 0.1) is 24.1 Å². The van der Waals surface area contributed by atoms with Crippen molar-refractivity contribution in [1.29, 1.82) is 0 Å². The number of amidine groups is 1. The summed E-state index contributed by atoms with van der Waals surface area (Å²) in [7, 11) is 0. The predicted octanol–water partition coefficient (Wildman–Crippen LogP) is 1.76. The summed E-state index contributed by atoms with van der Waals surface area (Å²) in [5.41, 5.74) is 0.581. The van der Waals surface area contributed by atoms with Crippen molar-refractivity contribution in [1.82, 2.24) is 14.9 Å². The molecule has 0 spiro atoms. The lowest BCUT2D eigenvalue weighted by Crippen LogP contribution is -2.53. The molecule has 0 aliphatic carbocycles. The minimum Gasteiger partial charge on any atom is -0.478 e. The molecular formula is C17H20N4O3. The van der Waals surface area contributed by atoms with Gasteiger partial charge in [-0.1, -0.05) is 0 Å². The lowest BCUT2D eigenvalue weighted by molar-refractivity contribution is 0.0570. The van der Waals surface area contributed by atoms with Gasteiger partial charge in [0.15, 0.2) is 5.60 Å². The summed E-state index contributed by atoms with van der Waals surface area (Å²) >= 11 is 0. The molecule has 126 valence electrons. The van der Waals surface area contributed by atoms with Crippen LogP contribution in [-0.4, -0.2) is 52.6 Å². The topological polar surface area (TPSA) is 79.8 Å². The van der Waals surface area contributed by atoms with E-state index in [1.54, 1.807) is 19.1 Å². The van der Waals surface area contributed by atoms with Gasteiger partial charge >= 0.3 is 0 Å². The van der Waals surface area contributed by atoms with Gasteiger partial charge in [-0.05, 0) is 26.8 Å². The maximum atomic E-state index is 12.2. The van der Waals surface area contributed by atoms with Crippen LogP contribution in [0.3, 0.4) is 0 Å². The Morgan fingerprint density at radius 3 is 2.75 bits per heavy atom. The molecule has 1 aromatic heterocycles. The van der Waals surface area contributed by atoms with Gasteiger partial charge in [-0.2, -0.15) is 0 Å². The summed E-state index contributed by atoms with van der Waals surface area (Å²) < 4.78 is 11.6. The zero-order valence-corrected chi connectivity index (χ0v) is 14.0. The first kappa shape index (κ1) is 15.1. The van der Waals surface area contributed by atoms with E-state index in [2.05, 4.69) is 14.9 Å². The van der Waals surface area contributed by atoms with Crippen LogP contribution in [-0.2, 0) is 4.74 Å². The van der Waals surface area contributed by atoms with Crippen molar-refractivity contribution < 1.29 is 9.47 Å². The zero-order valence-electron chi connectivity index (χ0n) is 14.0. The van der Waals surface area contributed by atoms with Gasteiger partial charge in [-0.15, -0.1) is 0 Å². The van der Waals surface area contributed by atoms with Crippen molar-refractivity contribution in [3.05, 3.63) is 28.3 Å². The SMILES string of the molecule is Cc1nc2cc3c(cc2c(=O)[nH]1)N=C(N1CCOCC1)C(C)(C)O3. The Hall–Kier alpha value is -2.41. The molecule has 0 amide bonds. The molecule has 2 aromatic rings. The van der Waals surface area contributed by atoms with E-state index in [1.807, 2.05) is 13.8 Å². The van der Waals surface area contributed by atoms with Crippen LogP contribution in [0.1, 0.15) is 19.7 Å². The van der Waals surface area contributed by atoms with Crippen LogP contribution in [0.4, 0.5) is 5.69 Å². The number of H-pyrrole nitrogens is 1. The summed E-state index contributed by atoms with van der Waals surface area (Å²) in [4.78, 5) is 26.3. The van der Waals surface area contributed by atoms with E-state index < -0.39 is 5.60 Å². The molecule has 0 saturated carbocycles. The maximum absolute atomic E-state index is 12.2. The molecule has 0 unspecified atom stereocenters. The van der Waals surface area contributed by atoms with E-state index in [0.717, 1.165) is 18.9 Å². The quantitative estimate of drug-likeness (QED) is 0.797. The highest BCUT2D eigenvalue weighted by Gasteiger charge is 2.36. The summed E-state index contributed by atoms with van der Waals surface area (Å²) in [6.45, 7) is 8.71. The molecule has 1 saturated heterocycles. The minimum atomic E-state index is -0.547. The van der Waals surface area contributed by atoms with Crippen LogP contribution in [0.2, 0.25) is 0 Å². The van der Waals surface area contributed by atoms with Crippen molar-refractivity contribution in [3.63, 3.8) is 0 Å². The molecule has 4 rings (SSSR count). The fourth-order valence-electron chi connectivity index (χ4n) is 3.24. The number of fused-ring (bicyclic) bond motifs is 2. The van der Waals surface area contributed by atoms with E-state index >= 15 is 0 Å². The number of aromatic amines is 1. The van der Waals surface area contributed by atoms with Crippen LogP contribution in [0.15, 0.2) is 21.9 Å². The monoisotopic (exact) mass is 328 g/mol. The van der Waals surface area contributed by atoms with Crippen molar-refractivity contribution in [2.45, 2.75) is 26.4 Å². The molecule has 7 heteroatoms. The lowest BCUT2D eigenvalue weighted by atomic mass is 10.0. The average Bonchev–Trinajstić information content (AvgIpc) is 2.53. The van der Waals surface area contributed by atoms with Crippen LogP contribution >= 0.6 is 0 Å². The molecule has 1 aromatic carbocycles. The fourth-order valence-corrected chi connectivity index (χ4v) is 3.24. The van der Waals surface area contributed by atoms with Gasteiger partial charge in [0.2, 0.25) is 0 Å². The molecular weight excluding hydrogens is 308 g/mol. The van der Waals surface area contributed by atoms with Crippen LogP contribution in [0.25, 0.3) is 10.9 Å². The summed E-state index contributed by atoms with van der Waals surface area (Å²) in [5, 5.41) is 0.521. The average molecular weight is 328 g/mol. The van der Waals surface area contributed by atoms with Gasteiger partial charge < -0.3 is 19.4 Å². The van der Waals surface area contributed by atoms with Crippen molar-refractivity contribution >= 4 is 22.4 Å². The first-order chi connectivity index (χ1) is 11.4. The van der Waals surface area contributed by atoms with Crippen LogP contribution < -0.4 is 10.3 Å². The minimum absolute atomic E-state index is 0.159. The molecule has 1 fully saturated rings. The van der Waals surface area contributed by atoms with Crippen molar-refractivity contribution in [2.75, 3.05) is 26.3 Å². The maximum Gasteiger partial charge on any atom is 0.258 e. The molecule has 2 aliphatic heterocycles. The highest BCUT2D eigenvalue weighted by molar-refractivity contribution is 5.96. The third kappa shape index (κ3) is 2.45. The highest BCUT2D eigenvalue weighted by atomic mass is 16.5. The molecule has 1 N–H and O–H groups in total. The van der Waals surface area contributed by atoms with Gasteiger partial charge in [0.1, 0.15) is 23.1 Å². The Bertz CT molecular complexity index is 895. The molecule has 7 nitrogen and oxygen atoms in total. The number of nitrogens with zero attached hydrogens (tertiary/aromatic N) is 3. The van der Waals surface area contributed by atoms with E-state index in [-0.39, 0.29) is 5.56 Å². The number of benzene rings is 1. The number of hydrogen-bond donors (Lipinski definition) is 1. The molecule has 0 atom stereocenters. The highest BCUT2D eigenvalue weighted by Crippen LogP contribution is 2.39.